The van der Waals surface area contributed by atoms with E-state index < -0.39 is 0 Å². The average molecular weight is 1820 g/mol. The maximum atomic E-state index is 13.0. The molecule has 5 atom stereocenters. The van der Waals surface area contributed by atoms with Crippen LogP contribution in [0.1, 0.15) is 139 Å². The van der Waals surface area contributed by atoms with Gasteiger partial charge in [0.25, 0.3) is 0 Å². The highest BCUT2D eigenvalue weighted by Gasteiger charge is 2.26. The summed E-state index contributed by atoms with van der Waals surface area (Å²) < 4.78 is 10.9. The fourth-order valence-corrected chi connectivity index (χ4v) is 16.9. The lowest BCUT2D eigenvalue weighted by molar-refractivity contribution is -0.120. The molecule has 0 saturated carbocycles. The van der Waals surface area contributed by atoms with Crippen LogP contribution in [0.3, 0.4) is 0 Å². The van der Waals surface area contributed by atoms with Crippen LogP contribution in [0.4, 0.5) is 0 Å². The van der Waals surface area contributed by atoms with E-state index >= 15 is 0 Å². The molecule has 11 N–H and O–H groups in total. The van der Waals surface area contributed by atoms with E-state index in [9.17, 15) is 33.6 Å². The number of halogens is 1. The molecule has 0 saturated heterocycles. The van der Waals surface area contributed by atoms with Crippen molar-refractivity contribution in [1.29, 1.82) is 0 Å². The number of ketones is 5. The number of carbonyl (C=O) groups is 7. The molecule has 17 rings (SSSR count). The van der Waals surface area contributed by atoms with Crippen LogP contribution < -0.4 is 28.7 Å². The summed E-state index contributed by atoms with van der Waals surface area (Å²) >= 11 is 5.91. The van der Waals surface area contributed by atoms with E-state index in [0.29, 0.717) is 61.3 Å². The van der Waals surface area contributed by atoms with Crippen molar-refractivity contribution in [1.82, 2.24) is 0 Å². The number of aliphatic hydroxyl groups is 1. The number of hydrogen-bond donors (Lipinski definition) is 6. The van der Waals surface area contributed by atoms with E-state index in [1.807, 2.05) is 263 Å². The van der Waals surface area contributed by atoms with Crippen LogP contribution in [0.5, 0.6) is 0 Å². The summed E-state index contributed by atoms with van der Waals surface area (Å²) in [5.41, 5.74) is 45.9. The lowest BCUT2D eigenvalue weighted by Gasteiger charge is -2.15. The third-order valence-corrected chi connectivity index (χ3v) is 24.8. The van der Waals surface area contributed by atoms with Gasteiger partial charge >= 0.3 is 11.9 Å². The number of Topliss-reactive ketones (excluding diaryl/α,β-unsaturated/α-hetero) is 5. The van der Waals surface area contributed by atoms with Gasteiger partial charge < -0.3 is 43.2 Å². The first-order chi connectivity index (χ1) is 66.1. The van der Waals surface area contributed by atoms with Crippen LogP contribution in [0, 0.1) is 20.8 Å². The molecule has 686 valence electrons. The van der Waals surface area contributed by atoms with Gasteiger partial charge in [-0.25, -0.2) is 9.59 Å². The first-order valence-corrected chi connectivity index (χ1v) is 46.2. The van der Waals surface area contributed by atoms with Gasteiger partial charge in [0.2, 0.25) is 0 Å². The van der Waals surface area contributed by atoms with Crippen molar-refractivity contribution in [3.05, 3.63) is 487 Å². The summed E-state index contributed by atoms with van der Waals surface area (Å²) in [4.78, 5) is 88.6. The normalized spacial score (nSPS) is 12.0. The minimum absolute atomic E-state index is 0.00138. The second-order valence-electron chi connectivity index (χ2n) is 34.2. The zero-order valence-electron chi connectivity index (χ0n) is 76.8. The van der Waals surface area contributed by atoms with Gasteiger partial charge in [-0.15, -0.1) is 0 Å². The number of aryl methyl sites for hydroxylation is 3. The van der Waals surface area contributed by atoms with Gasteiger partial charge in [-0.1, -0.05) is 375 Å². The highest BCUT2D eigenvalue weighted by Crippen LogP contribution is 2.30. The van der Waals surface area contributed by atoms with Crippen LogP contribution in [-0.2, 0) is 85.4 Å². The molecule has 0 fully saturated rings. The fraction of sp³-hybridized carbons (Fsp3) is 0.175. The minimum Gasteiger partial charge on any atom is -0.457 e. The Morgan fingerprint density at radius 3 is 0.779 bits per heavy atom. The average Bonchev–Trinajstić information content (AvgIpc) is 0.838. The molecule has 17 aromatic rings. The number of ether oxygens (including phenoxy) is 2. The van der Waals surface area contributed by atoms with Crippen molar-refractivity contribution in [3.8, 4) is 0 Å². The van der Waals surface area contributed by atoms with Crippen molar-refractivity contribution in [2.24, 2.45) is 28.7 Å². The predicted octanol–water partition coefficient (Wildman–Crippen LogP) is 22.3. The second kappa shape index (κ2) is 49.4. The molecule has 15 nitrogen and oxygen atoms in total. The Bertz CT molecular complexity index is 6810. The monoisotopic (exact) mass is 1820 g/mol. The van der Waals surface area contributed by atoms with Crippen molar-refractivity contribution < 1.29 is 48.1 Å². The number of benzene rings is 17. The fourth-order valence-electron chi connectivity index (χ4n) is 16.8. The van der Waals surface area contributed by atoms with Crippen molar-refractivity contribution in [2.75, 3.05) is 32.7 Å². The first kappa shape index (κ1) is 98.9. The maximum absolute atomic E-state index is 13.0. The zero-order valence-corrected chi connectivity index (χ0v) is 77.6. The van der Waals surface area contributed by atoms with Crippen LogP contribution in [0.2, 0.25) is 5.02 Å². The molecule has 0 radical (unpaired) electrons. The Kier molecular flexibility index (Phi) is 35.9. The van der Waals surface area contributed by atoms with Crippen molar-refractivity contribution in [2.45, 2.75) is 102 Å². The molecule has 0 amide bonds. The van der Waals surface area contributed by atoms with Gasteiger partial charge in [0.1, 0.15) is 42.1 Å². The smallest absolute Gasteiger partial charge is 0.338 e. The summed E-state index contributed by atoms with van der Waals surface area (Å²) in [5.74, 6) is -1.70. The van der Waals surface area contributed by atoms with E-state index in [-0.39, 0.29) is 110 Å². The molecular weight excluding hydrogens is 1710 g/mol. The molecule has 0 heterocycles. The Morgan fingerprint density at radius 2 is 0.500 bits per heavy atom. The van der Waals surface area contributed by atoms with Gasteiger partial charge in [-0.3, -0.25) is 24.0 Å². The SMILES string of the molecule is Cc1ccc(C(=O)OCc2ccc([C@H](CN)C(=O)Cc3ccc4ccccc4c3)cc2)c(C)c1.Cc1ccc([C@H](CN)C(=O)Cc2ccc3ccccc3c2)cc1.NC[C@H](C(=O)Cc1ccc2ccccc2c1)c1ccc(CO)cc1.NC[C@H](C(=O)Cc1ccc2ccccc2c1)c1ccc(COC(=O)c2ccccc2)cc1.NC[C@H](C(=O)Cc1ccc2ccccc2c1)c1ccc(Cl)cc1. The Labute approximate surface area is 800 Å². The quantitative estimate of drug-likeness (QED) is 0.0214. The summed E-state index contributed by atoms with van der Waals surface area (Å²) in [7, 11) is 0. The van der Waals surface area contributed by atoms with E-state index in [0.717, 1.165) is 121 Å². The van der Waals surface area contributed by atoms with E-state index in [1.54, 1.807) is 42.5 Å². The molecule has 0 aliphatic rings. The van der Waals surface area contributed by atoms with E-state index in [4.69, 9.17) is 54.8 Å². The first-order valence-electron chi connectivity index (χ1n) is 45.8. The van der Waals surface area contributed by atoms with Crippen molar-refractivity contribution in [3.63, 3.8) is 0 Å². The van der Waals surface area contributed by atoms with Gasteiger partial charge in [0.05, 0.1) is 47.3 Å². The Hall–Kier alpha value is -14.6. The van der Waals surface area contributed by atoms with Crippen LogP contribution in [0.15, 0.2) is 382 Å². The van der Waals surface area contributed by atoms with E-state index in [2.05, 4.69) is 97.1 Å². The number of esters is 2. The maximum Gasteiger partial charge on any atom is 0.338 e. The van der Waals surface area contributed by atoms with E-state index in [1.165, 1.54) is 21.7 Å². The highest BCUT2D eigenvalue weighted by atomic mass is 35.5. The van der Waals surface area contributed by atoms with Crippen LogP contribution in [-0.4, -0.2) is 78.7 Å². The third kappa shape index (κ3) is 27.6. The summed E-state index contributed by atoms with van der Waals surface area (Å²) in [6.07, 6.45) is 1.84. The van der Waals surface area contributed by atoms with Gasteiger partial charge in [-0.05, 0) is 183 Å². The number of carbonyl (C=O) groups excluding carboxylic acids is 7. The molecule has 0 bridgehead atoms. The molecular formula is C120H114ClN5O10. The molecule has 16 heteroatoms. The standard InChI is InChI=1S/C30H29NO3.C28H25NO3.C21H21NO2.C21H21NO.C20H18ClNO/c1-20-7-14-27(21(2)15-20)30(33)34-19-22-8-12-25(13-9-22)28(18-31)29(32)17-23-10-11-24-5-3-4-6-26(24)16-23;29-18-26(27(30)17-21-12-13-22-6-4-5-9-25(22)16-21)23-14-10-20(11-15-23)19-32-28(31)24-7-2-1-3-8-24;22-13-20(18-9-5-15(14-23)6-10-18)21(24)12-16-7-8-17-3-1-2-4-19(17)11-16;1-15-6-9-18(10-7-15)20(14-22)21(23)13-16-8-11-17-4-2-3-5-19(17)12-16;21-18-9-7-16(8-10-18)19(13-22)20(23)12-14-5-6-15-3-1-2-4-17(15)11-14/h3-16,28H,17-19,31H2,1-2H3;1-16,26H,17-19,29H2;1-11,20,23H,12-14,22H2;2-12,20H,13-14,22H2,1H3;1-11,19H,12-13,22H2/t28-;26-;2*20-;19-/m00000/s1. The van der Waals surface area contributed by atoms with Crippen LogP contribution in [0.25, 0.3) is 53.9 Å². The molecule has 17 aromatic carbocycles. The van der Waals surface area contributed by atoms with Crippen molar-refractivity contribution >= 4 is 106 Å². The molecule has 0 spiro atoms. The molecule has 0 aromatic heterocycles. The Balaban J connectivity index is 0.000000145. The molecule has 136 heavy (non-hydrogen) atoms. The Morgan fingerprint density at radius 1 is 0.257 bits per heavy atom. The number of nitrogens with two attached hydrogens (primary N) is 5. The zero-order chi connectivity index (χ0) is 95.8. The lowest BCUT2D eigenvalue weighted by atomic mass is 9.90. The topological polar surface area (TPSA) is 288 Å². The minimum atomic E-state index is -0.377. The lowest BCUT2D eigenvalue weighted by Crippen LogP contribution is -2.23. The van der Waals surface area contributed by atoms with Gasteiger partial charge in [0, 0.05) is 69.9 Å². The molecule has 0 unspecified atom stereocenters. The summed E-state index contributed by atoms with van der Waals surface area (Å²) in [6.45, 7) is 7.69. The number of hydrogen-bond acceptors (Lipinski definition) is 15. The molecule has 0 aliphatic heterocycles. The molecule has 0 aliphatic carbocycles. The number of aliphatic hydroxyl groups excluding tert-OH is 1. The second-order valence-corrected chi connectivity index (χ2v) is 34.7. The summed E-state index contributed by atoms with van der Waals surface area (Å²) in [6, 6.07) is 124. The third-order valence-electron chi connectivity index (χ3n) is 24.5. The van der Waals surface area contributed by atoms with Crippen LogP contribution >= 0.6 is 11.6 Å². The highest BCUT2D eigenvalue weighted by molar-refractivity contribution is 6.30. The van der Waals surface area contributed by atoms with Gasteiger partial charge in [0.15, 0.2) is 0 Å². The van der Waals surface area contributed by atoms with Gasteiger partial charge in [-0.2, -0.15) is 0 Å². The number of fused-ring (bicyclic) bond motifs is 5. The largest absolute Gasteiger partial charge is 0.457 e. The number of rotatable bonds is 32. The summed E-state index contributed by atoms with van der Waals surface area (Å²) in [5, 5.41) is 21.3. The predicted molar refractivity (Wildman–Crippen MR) is 551 cm³/mol.